The topological polar surface area (TPSA) is 50.8 Å². The van der Waals surface area contributed by atoms with Crippen molar-refractivity contribution in [1.82, 2.24) is 10.2 Å². The number of hydrogen-bond donors (Lipinski definition) is 1. The quantitative estimate of drug-likeness (QED) is 0.867. The highest BCUT2D eigenvalue weighted by Crippen LogP contribution is 2.19. The first kappa shape index (κ1) is 18.4. The highest BCUT2D eigenvalue weighted by molar-refractivity contribution is 5.94. The number of methoxy groups -OCH3 is 1. The van der Waals surface area contributed by atoms with Gasteiger partial charge in [-0.2, -0.15) is 0 Å². The minimum Gasteiger partial charge on any atom is -0.496 e. The van der Waals surface area contributed by atoms with Crippen LogP contribution in [-0.4, -0.2) is 44.2 Å². The molecule has 5 nitrogen and oxygen atoms in total. The number of morpholine rings is 1. The number of nitrogens with one attached hydrogen (secondary N) is 1. The maximum Gasteiger partial charge on any atom is 0.251 e. The summed E-state index contributed by atoms with van der Waals surface area (Å²) in [5.74, 6) is 0.717. The number of aryl methyl sites for hydroxylation is 1. The van der Waals surface area contributed by atoms with E-state index in [0.717, 1.165) is 49.7 Å². The monoisotopic (exact) mass is 354 g/mol. The molecule has 1 amide bonds. The maximum atomic E-state index is 12.5. The Hall–Kier alpha value is -2.37. The zero-order valence-corrected chi connectivity index (χ0v) is 15.5. The zero-order valence-electron chi connectivity index (χ0n) is 15.5. The van der Waals surface area contributed by atoms with Crippen LogP contribution in [0.25, 0.3) is 0 Å². The largest absolute Gasteiger partial charge is 0.496 e. The summed E-state index contributed by atoms with van der Waals surface area (Å²) >= 11 is 0. The average Bonchev–Trinajstić information content (AvgIpc) is 2.68. The minimum absolute atomic E-state index is 0.0723. The Kier molecular flexibility index (Phi) is 6.26. The van der Waals surface area contributed by atoms with Crippen LogP contribution in [0.5, 0.6) is 5.75 Å². The summed E-state index contributed by atoms with van der Waals surface area (Å²) in [6.45, 7) is 6.82. The van der Waals surface area contributed by atoms with Crippen molar-refractivity contribution in [3.63, 3.8) is 0 Å². The maximum absolute atomic E-state index is 12.5. The van der Waals surface area contributed by atoms with Crippen LogP contribution in [0.3, 0.4) is 0 Å². The molecule has 0 spiro atoms. The van der Waals surface area contributed by atoms with Crippen molar-refractivity contribution < 1.29 is 14.3 Å². The van der Waals surface area contributed by atoms with Gasteiger partial charge in [0.25, 0.3) is 5.91 Å². The van der Waals surface area contributed by atoms with E-state index in [-0.39, 0.29) is 5.91 Å². The Morgan fingerprint density at radius 1 is 1.15 bits per heavy atom. The van der Waals surface area contributed by atoms with Crippen LogP contribution in [0.15, 0.2) is 42.5 Å². The van der Waals surface area contributed by atoms with E-state index in [0.29, 0.717) is 12.1 Å². The Labute approximate surface area is 154 Å². The standard InChI is InChI=1S/C21H26N2O3/c1-16-13-17(7-8-20(16)25-2)21(24)22-14-18-5-3-4-6-19(18)15-23-9-11-26-12-10-23/h3-8,13H,9-12,14-15H2,1-2H3,(H,22,24). The lowest BCUT2D eigenvalue weighted by Gasteiger charge is -2.27. The molecule has 5 heteroatoms. The van der Waals surface area contributed by atoms with Gasteiger partial charge in [-0.05, 0) is 41.8 Å². The van der Waals surface area contributed by atoms with E-state index in [1.807, 2.05) is 31.2 Å². The zero-order chi connectivity index (χ0) is 18.4. The molecular weight excluding hydrogens is 328 g/mol. The average molecular weight is 354 g/mol. The third-order valence-corrected chi connectivity index (χ3v) is 4.71. The summed E-state index contributed by atoms with van der Waals surface area (Å²) in [5.41, 5.74) is 4.00. The van der Waals surface area contributed by atoms with Crippen molar-refractivity contribution in [3.05, 3.63) is 64.7 Å². The van der Waals surface area contributed by atoms with Crippen LogP contribution < -0.4 is 10.1 Å². The molecule has 0 bridgehead atoms. The van der Waals surface area contributed by atoms with E-state index in [2.05, 4.69) is 22.3 Å². The number of ether oxygens (including phenoxy) is 2. The van der Waals surface area contributed by atoms with Crippen molar-refractivity contribution in [2.24, 2.45) is 0 Å². The molecule has 0 atom stereocenters. The van der Waals surface area contributed by atoms with Crippen molar-refractivity contribution in [2.45, 2.75) is 20.0 Å². The SMILES string of the molecule is COc1ccc(C(=O)NCc2ccccc2CN2CCOCC2)cc1C. The highest BCUT2D eigenvalue weighted by Gasteiger charge is 2.13. The van der Waals surface area contributed by atoms with Gasteiger partial charge < -0.3 is 14.8 Å². The van der Waals surface area contributed by atoms with Crippen LogP contribution in [0.4, 0.5) is 0 Å². The van der Waals surface area contributed by atoms with Crippen molar-refractivity contribution in [3.8, 4) is 5.75 Å². The summed E-state index contributed by atoms with van der Waals surface area (Å²) in [6.07, 6.45) is 0. The first-order valence-electron chi connectivity index (χ1n) is 8.97. The Bertz CT molecular complexity index is 755. The Morgan fingerprint density at radius 3 is 2.58 bits per heavy atom. The highest BCUT2D eigenvalue weighted by atomic mass is 16.5. The molecule has 1 N–H and O–H groups in total. The molecule has 138 valence electrons. The Morgan fingerprint density at radius 2 is 1.88 bits per heavy atom. The lowest BCUT2D eigenvalue weighted by molar-refractivity contribution is 0.0340. The fraction of sp³-hybridized carbons (Fsp3) is 0.381. The van der Waals surface area contributed by atoms with Gasteiger partial charge in [-0.25, -0.2) is 0 Å². The van der Waals surface area contributed by atoms with Gasteiger partial charge in [0.05, 0.1) is 20.3 Å². The molecule has 1 fully saturated rings. The van der Waals surface area contributed by atoms with Gasteiger partial charge in [0, 0.05) is 31.7 Å². The summed E-state index contributed by atoms with van der Waals surface area (Å²) in [4.78, 5) is 14.9. The molecule has 1 heterocycles. The van der Waals surface area contributed by atoms with Gasteiger partial charge >= 0.3 is 0 Å². The normalized spacial score (nSPS) is 14.8. The number of benzene rings is 2. The molecule has 1 saturated heterocycles. The molecule has 0 radical (unpaired) electrons. The Balaban J connectivity index is 1.63. The number of nitrogens with zero attached hydrogens (tertiary/aromatic N) is 1. The van der Waals surface area contributed by atoms with E-state index in [1.54, 1.807) is 13.2 Å². The van der Waals surface area contributed by atoms with Crippen molar-refractivity contribution in [1.29, 1.82) is 0 Å². The predicted molar refractivity (Wildman–Crippen MR) is 101 cm³/mol. The molecule has 0 aromatic heterocycles. The molecule has 2 aromatic carbocycles. The van der Waals surface area contributed by atoms with Crippen LogP contribution >= 0.6 is 0 Å². The lowest BCUT2D eigenvalue weighted by Crippen LogP contribution is -2.36. The van der Waals surface area contributed by atoms with E-state index in [4.69, 9.17) is 9.47 Å². The lowest BCUT2D eigenvalue weighted by atomic mass is 10.1. The number of amides is 1. The van der Waals surface area contributed by atoms with Gasteiger partial charge in [-0.3, -0.25) is 9.69 Å². The second-order valence-electron chi connectivity index (χ2n) is 6.52. The van der Waals surface area contributed by atoms with E-state index in [9.17, 15) is 4.79 Å². The summed E-state index contributed by atoms with van der Waals surface area (Å²) in [5, 5.41) is 3.03. The third kappa shape index (κ3) is 4.62. The molecule has 3 rings (SSSR count). The van der Waals surface area contributed by atoms with Crippen LogP contribution in [0, 0.1) is 6.92 Å². The fourth-order valence-corrected chi connectivity index (χ4v) is 3.18. The van der Waals surface area contributed by atoms with Crippen LogP contribution in [0.1, 0.15) is 27.0 Å². The number of carbonyl (C=O) groups is 1. The van der Waals surface area contributed by atoms with Crippen LogP contribution in [-0.2, 0) is 17.8 Å². The van der Waals surface area contributed by atoms with E-state index >= 15 is 0 Å². The van der Waals surface area contributed by atoms with Gasteiger partial charge in [0.2, 0.25) is 0 Å². The van der Waals surface area contributed by atoms with Crippen molar-refractivity contribution >= 4 is 5.91 Å². The number of rotatable bonds is 6. The number of carbonyl (C=O) groups excluding carboxylic acids is 1. The second kappa shape index (κ2) is 8.83. The van der Waals surface area contributed by atoms with Gasteiger partial charge in [0.15, 0.2) is 0 Å². The first-order chi connectivity index (χ1) is 12.7. The second-order valence-corrected chi connectivity index (χ2v) is 6.52. The summed E-state index contributed by atoms with van der Waals surface area (Å²) in [7, 11) is 1.63. The molecule has 0 unspecified atom stereocenters. The molecule has 1 aliphatic heterocycles. The van der Waals surface area contributed by atoms with E-state index < -0.39 is 0 Å². The van der Waals surface area contributed by atoms with Gasteiger partial charge in [-0.15, -0.1) is 0 Å². The summed E-state index contributed by atoms with van der Waals surface area (Å²) < 4.78 is 10.7. The molecule has 1 aliphatic rings. The summed E-state index contributed by atoms with van der Waals surface area (Å²) in [6, 6.07) is 13.8. The molecular formula is C21H26N2O3. The van der Waals surface area contributed by atoms with Gasteiger partial charge in [-0.1, -0.05) is 24.3 Å². The van der Waals surface area contributed by atoms with Crippen LogP contribution in [0.2, 0.25) is 0 Å². The molecule has 2 aromatic rings. The first-order valence-corrected chi connectivity index (χ1v) is 8.97. The molecule has 0 saturated carbocycles. The van der Waals surface area contributed by atoms with E-state index in [1.165, 1.54) is 5.56 Å². The fourth-order valence-electron chi connectivity index (χ4n) is 3.18. The predicted octanol–water partition coefficient (Wildman–Crippen LogP) is 2.77. The smallest absolute Gasteiger partial charge is 0.251 e. The third-order valence-electron chi connectivity index (χ3n) is 4.71. The van der Waals surface area contributed by atoms with Gasteiger partial charge in [0.1, 0.15) is 5.75 Å². The number of hydrogen-bond acceptors (Lipinski definition) is 4. The minimum atomic E-state index is -0.0723. The molecule has 26 heavy (non-hydrogen) atoms. The molecule has 0 aliphatic carbocycles. The van der Waals surface area contributed by atoms with Crippen molar-refractivity contribution in [2.75, 3.05) is 33.4 Å².